The first kappa shape index (κ1) is 15.7. The van der Waals surface area contributed by atoms with E-state index in [1.807, 2.05) is 37.8 Å². The van der Waals surface area contributed by atoms with Crippen molar-refractivity contribution >= 4 is 5.91 Å². The van der Waals surface area contributed by atoms with Crippen LogP contribution in [0.1, 0.15) is 40.5 Å². The molecule has 0 heterocycles. The first-order valence-corrected chi connectivity index (χ1v) is 6.34. The van der Waals surface area contributed by atoms with Crippen LogP contribution in [0.3, 0.4) is 0 Å². The van der Waals surface area contributed by atoms with Crippen molar-refractivity contribution in [1.82, 2.24) is 4.90 Å². The maximum atomic E-state index is 12.3. The van der Waals surface area contributed by atoms with E-state index in [-0.39, 0.29) is 5.91 Å². The zero-order valence-electron chi connectivity index (χ0n) is 11.6. The lowest BCUT2D eigenvalue weighted by Crippen LogP contribution is -2.32. The van der Waals surface area contributed by atoms with Crippen molar-refractivity contribution in [3.8, 4) is 0 Å². The average Bonchev–Trinajstić information content (AvgIpc) is 2.30. The molecule has 0 unspecified atom stereocenters. The second-order valence-corrected chi connectivity index (χ2v) is 4.25. The number of likely N-dealkylation sites (N-methyl/N-ethyl adjacent to an activating group) is 1. The summed E-state index contributed by atoms with van der Waals surface area (Å²) in [6, 6.07) is 0. The van der Waals surface area contributed by atoms with Crippen molar-refractivity contribution in [2.45, 2.75) is 40.5 Å². The molecule has 17 heavy (non-hydrogen) atoms. The molecule has 0 aliphatic rings. The summed E-state index contributed by atoms with van der Waals surface area (Å²) < 4.78 is 0. The van der Waals surface area contributed by atoms with Gasteiger partial charge in [0, 0.05) is 18.7 Å². The number of allylic oxidation sites excluding steroid dienone is 3. The van der Waals surface area contributed by atoms with Gasteiger partial charge in [-0.1, -0.05) is 37.6 Å². The molecular formula is C15H25NO. The first-order valence-electron chi connectivity index (χ1n) is 6.34. The topological polar surface area (TPSA) is 20.3 Å². The van der Waals surface area contributed by atoms with Crippen molar-refractivity contribution in [2.24, 2.45) is 0 Å². The van der Waals surface area contributed by atoms with Gasteiger partial charge < -0.3 is 4.90 Å². The second kappa shape index (κ2) is 8.80. The van der Waals surface area contributed by atoms with Crippen LogP contribution in [0.4, 0.5) is 0 Å². The molecule has 0 fully saturated rings. The molecule has 1 amide bonds. The van der Waals surface area contributed by atoms with Crippen LogP contribution in [-0.4, -0.2) is 23.9 Å². The van der Waals surface area contributed by atoms with E-state index in [1.54, 1.807) is 6.08 Å². The zero-order chi connectivity index (χ0) is 13.3. The molecule has 0 atom stereocenters. The lowest BCUT2D eigenvalue weighted by Gasteiger charge is -2.21. The standard InChI is InChI=1S/C15H25NO/c1-6-9-11-14(13(4)5)15(17)16(8-3)12-10-7-2/h6,9,11H,1,7-8,10,12H2,2-5H3. The third-order valence-electron chi connectivity index (χ3n) is 2.62. The number of hydrogen-bond donors (Lipinski definition) is 0. The molecule has 2 heteroatoms. The molecule has 0 rings (SSSR count). The zero-order valence-corrected chi connectivity index (χ0v) is 11.6. The predicted molar refractivity (Wildman–Crippen MR) is 74.9 cm³/mol. The maximum absolute atomic E-state index is 12.3. The molecular weight excluding hydrogens is 210 g/mol. The number of amides is 1. The van der Waals surface area contributed by atoms with Gasteiger partial charge in [-0.2, -0.15) is 0 Å². The average molecular weight is 235 g/mol. The fourth-order valence-electron chi connectivity index (χ4n) is 1.54. The maximum Gasteiger partial charge on any atom is 0.253 e. The second-order valence-electron chi connectivity index (χ2n) is 4.25. The van der Waals surface area contributed by atoms with Crippen molar-refractivity contribution < 1.29 is 4.79 Å². The Bertz CT molecular complexity index is 309. The number of carbonyl (C=O) groups excluding carboxylic acids is 1. The van der Waals surface area contributed by atoms with E-state index in [0.717, 1.165) is 37.1 Å². The van der Waals surface area contributed by atoms with Crippen LogP contribution >= 0.6 is 0 Å². The van der Waals surface area contributed by atoms with Gasteiger partial charge in [-0.15, -0.1) is 0 Å². The lowest BCUT2D eigenvalue weighted by molar-refractivity contribution is -0.126. The van der Waals surface area contributed by atoms with Crippen LogP contribution in [0, 0.1) is 0 Å². The molecule has 2 nitrogen and oxygen atoms in total. The Balaban J connectivity index is 4.87. The first-order chi connectivity index (χ1) is 8.08. The summed E-state index contributed by atoms with van der Waals surface area (Å²) in [7, 11) is 0. The van der Waals surface area contributed by atoms with Crippen molar-refractivity contribution in [3.05, 3.63) is 36.0 Å². The van der Waals surface area contributed by atoms with Gasteiger partial charge in [0.25, 0.3) is 5.91 Å². The number of carbonyl (C=O) groups is 1. The van der Waals surface area contributed by atoms with Crippen molar-refractivity contribution in [1.29, 1.82) is 0 Å². The van der Waals surface area contributed by atoms with E-state index in [1.165, 1.54) is 0 Å². The molecule has 0 aromatic heterocycles. The summed E-state index contributed by atoms with van der Waals surface area (Å²) in [5.74, 6) is 0.124. The molecule has 0 saturated carbocycles. The Hall–Kier alpha value is -1.31. The van der Waals surface area contributed by atoms with Gasteiger partial charge in [0.15, 0.2) is 0 Å². The fraction of sp³-hybridized carbons (Fsp3) is 0.533. The summed E-state index contributed by atoms with van der Waals surface area (Å²) in [6.45, 7) is 13.3. The molecule has 0 aliphatic heterocycles. The summed E-state index contributed by atoms with van der Waals surface area (Å²) in [4.78, 5) is 14.2. The van der Waals surface area contributed by atoms with E-state index < -0.39 is 0 Å². The molecule has 96 valence electrons. The quantitative estimate of drug-likeness (QED) is 0.486. The Morgan fingerprint density at radius 1 is 1.29 bits per heavy atom. The molecule has 0 spiro atoms. The minimum absolute atomic E-state index is 0.124. The normalized spacial score (nSPS) is 10.4. The van der Waals surface area contributed by atoms with Gasteiger partial charge in [0.2, 0.25) is 0 Å². The minimum Gasteiger partial charge on any atom is -0.339 e. The molecule has 0 N–H and O–H groups in total. The number of rotatable bonds is 7. The molecule has 0 aliphatic carbocycles. The molecule has 0 aromatic carbocycles. The van der Waals surface area contributed by atoms with E-state index >= 15 is 0 Å². The smallest absolute Gasteiger partial charge is 0.253 e. The Kier molecular flexibility index (Phi) is 8.12. The van der Waals surface area contributed by atoms with Gasteiger partial charge in [-0.05, 0) is 33.3 Å². The van der Waals surface area contributed by atoms with E-state index in [2.05, 4.69) is 13.5 Å². The van der Waals surface area contributed by atoms with E-state index in [0.29, 0.717) is 0 Å². The van der Waals surface area contributed by atoms with Gasteiger partial charge in [-0.25, -0.2) is 0 Å². The summed E-state index contributed by atoms with van der Waals surface area (Å²) >= 11 is 0. The van der Waals surface area contributed by atoms with Crippen LogP contribution < -0.4 is 0 Å². The van der Waals surface area contributed by atoms with Gasteiger partial charge in [0.05, 0.1) is 0 Å². The lowest BCUT2D eigenvalue weighted by atomic mass is 10.1. The number of hydrogen-bond acceptors (Lipinski definition) is 1. The third kappa shape index (κ3) is 5.53. The van der Waals surface area contributed by atoms with Crippen molar-refractivity contribution in [3.63, 3.8) is 0 Å². The van der Waals surface area contributed by atoms with Crippen molar-refractivity contribution in [2.75, 3.05) is 13.1 Å². The van der Waals surface area contributed by atoms with Gasteiger partial charge >= 0.3 is 0 Å². The van der Waals surface area contributed by atoms with Gasteiger partial charge in [-0.3, -0.25) is 4.79 Å². The number of nitrogens with zero attached hydrogens (tertiary/aromatic N) is 1. The number of unbranched alkanes of at least 4 members (excludes halogenated alkanes) is 1. The van der Waals surface area contributed by atoms with E-state index in [4.69, 9.17) is 0 Å². The minimum atomic E-state index is 0.124. The van der Waals surface area contributed by atoms with Crippen LogP contribution in [0.2, 0.25) is 0 Å². The largest absolute Gasteiger partial charge is 0.339 e. The van der Waals surface area contributed by atoms with E-state index in [9.17, 15) is 4.79 Å². The highest BCUT2D eigenvalue weighted by molar-refractivity contribution is 5.96. The van der Waals surface area contributed by atoms with Crippen LogP contribution in [-0.2, 0) is 4.79 Å². The summed E-state index contributed by atoms with van der Waals surface area (Å²) in [6.07, 6.45) is 7.52. The highest BCUT2D eigenvalue weighted by Gasteiger charge is 2.15. The third-order valence-corrected chi connectivity index (χ3v) is 2.62. The summed E-state index contributed by atoms with van der Waals surface area (Å²) in [5.41, 5.74) is 1.82. The molecule has 0 bridgehead atoms. The highest BCUT2D eigenvalue weighted by Crippen LogP contribution is 2.11. The monoisotopic (exact) mass is 235 g/mol. The van der Waals surface area contributed by atoms with Gasteiger partial charge in [0.1, 0.15) is 0 Å². The Morgan fingerprint density at radius 2 is 1.94 bits per heavy atom. The SMILES string of the molecule is C=CC=CC(C(=O)N(CC)CCCC)=C(C)C. The van der Waals surface area contributed by atoms with Crippen LogP contribution in [0.5, 0.6) is 0 Å². The van der Waals surface area contributed by atoms with Crippen LogP contribution in [0.25, 0.3) is 0 Å². The Labute approximate surface area is 106 Å². The fourth-order valence-corrected chi connectivity index (χ4v) is 1.54. The molecule has 0 saturated heterocycles. The predicted octanol–water partition coefficient (Wildman–Crippen LogP) is 3.71. The highest BCUT2D eigenvalue weighted by atomic mass is 16.2. The molecule has 0 radical (unpaired) electrons. The Morgan fingerprint density at radius 3 is 2.35 bits per heavy atom. The van der Waals surface area contributed by atoms with Crippen LogP contribution in [0.15, 0.2) is 36.0 Å². The summed E-state index contributed by atoms with van der Waals surface area (Å²) in [5, 5.41) is 0. The molecule has 0 aromatic rings.